The van der Waals surface area contributed by atoms with E-state index in [1.165, 1.54) is 0 Å². The summed E-state index contributed by atoms with van der Waals surface area (Å²) in [6, 6.07) is 13.1. The average Bonchev–Trinajstić information content (AvgIpc) is 3.24. The van der Waals surface area contributed by atoms with E-state index in [0.29, 0.717) is 28.9 Å². The van der Waals surface area contributed by atoms with E-state index in [1.54, 1.807) is 18.3 Å². The lowest BCUT2D eigenvalue weighted by Gasteiger charge is -2.16. The third kappa shape index (κ3) is 3.74. The third-order valence-corrected chi connectivity index (χ3v) is 4.19. The summed E-state index contributed by atoms with van der Waals surface area (Å²) in [6.45, 7) is 0.343. The molecule has 3 rings (SSSR count). The van der Waals surface area contributed by atoms with Gasteiger partial charge in [-0.05, 0) is 34.0 Å². The number of furan rings is 1. The quantitative estimate of drug-likeness (QED) is 0.604. The highest BCUT2D eigenvalue weighted by molar-refractivity contribution is 9.10. The number of nitrogens with two attached hydrogens (primary N) is 1. The Balaban J connectivity index is 1.71. The molecule has 2 aromatic heterocycles. The van der Waals surface area contributed by atoms with E-state index in [4.69, 9.17) is 10.2 Å². The molecule has 1 aromatic carbocycles. The number of nitrogens with one attached hydrogen (secondary N) is 2. The summed E-state index contributed by atoms with van der Waals surface area (Å²) in [5.74, 6) is 0.454. The smallest absolute Gasteiger partial charge is 0.287 e. The van der Waals surface area contributed by atoms with Gasteiger partial charge < -0.3 is 15.5 Å². The first-order valence-electron chi connectivity index (χ1n) is 7.51. The third-order valence-electron chi connectivity index (χ3n) is 3.60. The number of H-pyrrole nitrogens is 1. The summed E-state index contributed by atoms with van der Waals surface area (Å²) in [7, 11) is 0. The van der Waals surface area contributed by atoms with Crippen molar-refractivity contribution in [3.05, 3.63) is 64.5 Å². The van der Waals surface area contributed by atoms with Crippen LogP contribution in [0.15, 0.2) is 57.6 Å². The number of carbonyl (C=O) groups excluding carboxylic acids is 1. The molecule has 0 saturated heterocycles. The number of benzene rings is 1. The van der Waals surface area contributed by atoms with E-state index in [1.807, 2.05) is 30.3 Å². The van der Waals surface area contributed by atoms with Crippen molar-refractivity contribution < 1.29 is 9.21 Å². The summed E-state index contributed by atoms with van der Waals surface area (Å²) in [5.41, 5.74) is 7.60. The number of halogens is 1. The van der Waals surface area contributed by atoms with Gasteiger partial charge in [-0.2, -0.15) is 5.10 Å². The number of aromatic nitrogens is 2. The first kappa shape index (κ1) is 16.5. The Morgan fingerprint density at radius 1 is 1.33 bits per heavy atom. The minimum absolute atomic E-state index is 0.167. The molecule has 3 aromatic rings. The molecule has 1 unspecified atom stereocenters. The van der Waals surface area contributed by atoms with Crippen LogP contribution in [0.1, 0.15) is 16.1 Å². The minimum Gasteiger partial charge on any atom is -0.448 e. The molecule has 4 N–H and O–H groups in total. The van der Waals surface area contributed by atoms with Gasteiger partial charge in [-0.3, -0.25) is 9.89 Å². The number of rotatable bonds is 6. The Morgan fingerprint density at radius 3 is 2.79 bits per heavy atom. The van der Waals surface area contributed by atoms with Gasteiger partial charge in [-0.15, -0.1) is 0 Å². The average molecular weight is 389 g/mol. The molecule has 0 bridgehead atoms. The Labute approximate surface area is 147 Å². The molecule has 0 fully saturated rings. The van der Waals surface area contributed by atoms with Crippen molar-refractivity contribution in [2.24, 2.45) is 5.73 Å². The first-order chi connectivity index (χ1) is 11.7. The van der Waals surface area contributed by atoms with Crippen molar-refractivity contribution in [2.45, 2.75) is 12.5 Å². The molecular formula is C17H17BrN4O2. The summed E-state index contributed by atoms with van der Waals surface area (Å²) < 4.78 is 6.33. The normalized spacial score (nSPS) is 12.1. The molecule has 0 radical (unpaired) electrons. The molecule has 124 valence electrons. The van der Waals surface area contributed by atoms with Crippen LogP contribution in [0.4, 0.5) is 0 Å². The summed E-state index contributed by atoms with van der Waals surface area (Å²) in [6.07, 6.45) is 2.28. The highest BCUT2D eigenvalue weighted by Gasteiger charge is 2.20. The molecule has 0 aliphatic carbocycles. The Kier molecular flexibility index (Phi) is 5.12. The molecule has 24 heavy (non-hydrogen) atoms. The second-order valence-electron chi connectivity index (χ2n) is 5.35. The number of hydrogen-bond donors (Lipinski definition) is 3. The van der Waals surface area contributed by atoms with Gasteiger partial charge in [0.15, 0.2) is 11.5 Å². The van der Waals surface area contributed by atoms with Crippen LogP contribution in [0, 0.1) is 0 Å². The molecule has 1 atom stereocenters. The summed E-state index contributed by atoms with van der Waals surface area (Å²) >= 11 is 3.40. The van der Waals surface area contributed by atoms with Crippen LogP contribution in [-0.2, 0) is 6.42 Å². The fraction of sp³-hybridized carbons (Fsp3) is 0.176. The van der Waals surface area contributed by atoms with Gasteiger partial charge in [0.1, 0.15) is 5.69 Å². The van der Waals surface area contributed by atoms with Crippen molar-refractivity contribution in [3.8, 4) is 11.5 Å². The Hall–Kier alpha value is -2.38. The van der Waals surface area contributed by atoms with Crippen LogP contribution in [0.2, 0.25) is 0 Å². The van der Waals surface area contributed by atoms with Gasteiger partial charge >= 0.3 is 0 Å². The maximum absolute atomic E-state index is 12.4. The van der Waals surface area contributed by atoms with Crippen LogP contribution in [0.5, 0.6) is 0 Å². The van der Waals surface area contributed by atoms with Crippen molar-refractivity contribution >= 4 is 21.8 Å². The van der Waals surface area contributed by atoms with E-state index in [9.17, 15) is 4.79 Å². The van der Waals surface area contributed by atoms with E-state index in [-0.39, 0.29) is 17.7 Å². The lowest BCUT2D eigenvalue weighted by molar-refractivity contribution is 0.0911. The molecule has 6 nitrogen and oxygen atoms in total. The van der Waals surface area contributed by atoms with Crippen LogP contribution in [0.3, 0.4) is 0 Å². The van der Waals surface area contributed by atoms with Crippen LogP contribution in [0.25, 0.3) is 11.5 Å². The van der Waals surface area contributed by atoms with Gasteiger partial charge in [0, 0.05) is 24.8 Å². The molecule has 2 heterocycles. The molecule has 0 spiro atoms. The van der Waals surface area contributed by atoms with Crippen molar-refractivity contribution in [2.75, 3.05) is 6.54 Å². The predicted molar refractivity (Wildman–Crippen MR) is 94.4 cm³/mol. The number of hydrogen-bond acceptors (Lipinski definition) is 4. The van der Waals surface area contributed by atoms with Crippen molar-refractivity contribution in [1.29, 1.82) is 0 Å². The van der Waals surface area contributed by atoms with Crippen molar-refractivity contribution in [1.82, 2.24) is 15.5 Å². The van der Waals surface area contributed by atoms with Crippen molar-refractivity contribution in [3.63, 3.8) is 0 Å². The number of carbonyl (C=O) groups is 1. The largest absolute Gasteiger partial charge is 0.448 e. The fourth-order valence-corrected chi connectivity index (χ4v) is 2.90. The van der Waals surface area contributed by atoms with Crippen LogP contribution in [-0.4, -0.2) is 28.7 Å². The molecule has 0 aliphatic rings. The topological polar surface area (TPSA) is 96.9 Å². The van der Waals surface area contributed by atoms with Crippen LogP contribution >= 0.6 is 15.9 Å². The first-order valence-corrected chi connectivity index (χ1v) is 8.30. The highest BCUT2D eigenvalue weighted by Crippen LogP contribution is 2.30. The van der Waals surface area contributed by atoms with Gasteiger partial charge in [0.25, 0.3) is 5.91 Å². The zero-order valence-corrected chi connectivity index (χ0v) is 14.4. The standard InChI is InChI=1S/C17H17BrN4O2/c18-13-9-15(24-16(13)14-6-7-20-22-14)17(23)21-12(10-19)8-11-4-2-1-3-5-11/h1-7,9,12H,8,10,19H2,(H,20,22)(H,21,23). The maximum Gasteiger partial charge on any atom is 0.287 e. The summed E-state index contributed by atoms with van der Waals surface area (Å²) in [4.78, 5) is 12.4. The highest BCUT2D eigenvalue weighted by atomic mass is 79.9. The monoisotopic (exact) mass is 388 g/mol. The van der Waals surface area contributed by atoms with Gasteiger partial charge in [0.2, 0.25) is 0 Å². The maximum atomic E-state index is 12.4. The fourth-order valence-electron chi connectivity index (χ4n) is 2.40. The Bertz CT molecular complexity index is 799. The lowest BCUT2D eigenvalue weighted by atomic mass is 10.1. The molecule has 7 heteroatoms. The van der Waals surface area contributed by atoms with Crippen LogP contribution < -0.4 is 11.1 Å². The molecule has 1 amide bonds. The zero-order chi connectivity index (χ0) is 16.9. The van der Waals surface area contributed by atoms with E-state index in [2.05, 4.69) is 31.4 Å². The van der Waals surface area contributed by atoms with Gasteiger partial charge in [-0.1, -0.05) is 30.3 Å². The van der Waals surface area contributed by atoms with E-state index >= 15 is 0 Å². The minimum atomic E-state index is -0.298. The van der Waals surface area contributed by atoms with E-state index < -0.39 is 0 Å². The van der Waals surface area contributed by atoms with E-state index in [0.717, 1.165) is 5.56 Å². The summed E-state index contributed by atoms with van der Waals surface area (Å²) in [5, 5.41) is 9.60. The predicted octanol–water partition coefficient (Wildman–Crippen LogP) is 2.73. The zero-order valence-electron chi connectivity index (χ0n) is 12.8. The number of aromatic amines is 1. The van der Waals surface area contributed by atoms with Gasteiger partial charge in [0.05, 0.1) is 4.47 Å². The SMILES string of the molecule is NCC(Cc1ccccc1)NC(=O)c1cc(Br)c(-c2ccn[nH]2)o1. The molecule has 0 saturated carbocycles. The van der Waals surface area contributed by atoms with Gasteiger partial charge in [-0.25, -0.2) is 0 Å². The Morgan fingerprint density at radius 2 is 2.12 bits per heavy atom. The second kappa shape index (κ2) is 7.46. The number of amides is 1. The molecular weight excluding hydrogens is 372 g/mol. The molecule has 0 aliphatic heterocycles. The lowest BCUT2D eigenvalue weighted by Crippen LogP contribution is -2.41. The second-order valence-corrected chi connectivity index (χ2v) is 6.21. The number of nitrogens with zero attached hydrogens (tertiary/aromatic N) is 1.